The summed E-state index contributed by atoms with van der Waals surface area (Å²) in [5.74, 6) is 1.87. The average Bonchev–Trinajstić information content (AvgIpc) is 2.63. The predicted molar refractivity (Wildman–Crippen MR) is 95.1 cm³/mol. The van der Waals surface area contributed by atoms with Gasteiger partial charge in [-0.2, -0.15) is 0 Å². The molecular weight excluding hydrogens is 304 g/mol. The summed E-state index contributed by atoms with van der Waals surface area (Å²) in [7, 11) is 3.31. The predicted octanol–water partition coefficient (Wildman–Crippen LogP) is 2.73. The first kappa shape index (κ1) is 16.5. The van der Waals surface area contributed by atoms with Crippen LogP contribution in [0.3, 0.4) is 0 Å². The smallest absolute Gasteiger partial charge is 0.161 e. The van der Waals surface area contributed by atoms with Crippen molar-refractivity contribution in [2.24, 2.45) is 0 Å². The quantitative estimate of drug-likeness (QED) is 0.914. The monoisotopic (exact) mass is 328 g/mol. The highest BCUT2D eigenvalue weighted by Gasteiger charge is 2.19. The van der Waals surface area contributed by atoms with E-state index in [1.807, 2.05) is 30.3 Å². The van der Waals surface area contributed by atoms with E-state index in [2.05, 4.69) is 15.9 Å². The lowest BCUT2D eigenvalue weighted by Gasteiger charge is -2.36. The van der Waals surface area contributed by atoms with Crippen molar-refractivity contribution in [1.82, 2.24) is 4.90 Å². The fraction of sp³-hybridized carbons (Fsp3) is 0.368. The minimum atomic E-state index is 0.353. The van der Waals surface area contributed by atoms with Crippen molar-refractivity contribution in [3.8, 4) is 17.2 Å². The van der Waals surface area contributed by atoms with Crippen molar-refractivity contribution in [3.63, 3.8) is 0 Å². The van der Waals surface area contributed by atoms with Gasteiger partial charge in [0.25, 0.3) is 0 Å². The molecule has 1 aliphatic rings. The maximum Gasteiger partial charge on any atom is 0.161 e. The van der Waals surface area contributed by atoms with Crippen LogP contribution in [0.1, 0.15) is 5.56 Å². The SMILES string of the molecule is COc1ccc(CN2CCN(c3ccccc3O)CC2)cc1OC. The highest BCUT2D eigenvalue weighted by Crippen LogP contribution is 2.29. The van der Waals surface area contributed by atoms with E-state index in [1.54, 1.807) is 20.3 Å². The number of hydrogen-bond donors (Lipinski definition) is 1. The summed E-state index contributed by atoms with van der Waals surface area (Å²) in [5.41, 5.74) is 2.13. The molecule has 3 rings (SSSR count). The molecular formula is C19H24N2O3. The van der Waals surface area contributed by atoms with Crippen LogP contribution in [0.15, 0.2) is 42.5 Å². The van der Waals surface area contributed by atoms with Crippen LogP contribution in [0.4, 0.5) is 5.69 Å². The number of piperazine rings is 1. The molecule has 1 N–H and O–H groups in total. The van der Waals surface area contributed by atoms with Crippen LogP contribution in [0.5, 0.6) is 17.2 Å². The molecule has 0 aliphatic carbocycles. The Morgan fingerprint density at radius 2 is 1.62 bits per heavy atom. The molecule has 1 saturated heterocycles. The summed E-state index contributed by atoms with van der Waals surface area (Å²) in [6, 6.07) is 13.6. The number of phenolic OH excluding ortho intramolecular Hbond substituents is 1. The van der Waals surface area contributed by atoms with E-state index in [1.165, 1.54) is 5.56 Å². The van der Waals surface area contributed by atoms with Gasteiger partial charge in [-0.3, -0.25) is 4.90 Å². The number of ether oxygens (including phenoxy) is 2. The van der Waals surface area contributed by atoms with Gasteiger partial charge in [-0.15, -0.1) is 0 Å². The minimum Gasteiger partial charge on any atom is -0.506 e. The summed E-state index contributed by atoms with van der Waals surface area (Å²) in [6.07, 6.45) is 0. The van der Waals surface area contributed by atoms with Crippen LogP contribution in [0.25, 0.3) is 0 Å². The third-order valence-corrected chi connectivity index (χ3v) is 4.45. The number of nitrogens with zero attached hydrogens (tertiary/aromatic N) is 2. The third kappa shape index (κ3) is 3.57. The zero-order valence-corrected chi connectivity index (χ0v) is 14.2. The van der Waals surface area contributed by atoms with E-state index < -0.39 is 0 Å². The molecule has 128 valence electrons. The van der Waals surface area contributed by atoms with E-state index >= 15 is 0 Å². The normalized spacial score (nSPS) is 15.3. The van der Waals surface area contributed by atoms with Gasteiger partial charge in [-0.25, -0.2) is 0 Å². The van der Waals surface area contributed by atoms with Gasteiger partial charge in [0.05, 0.1) is 19.9 Å². The molecule has 0 radical (unpaired) electrons. The third-order valence-electron chi connectivity index (χ3n) is 4.45. The van der Waals surface area contributed by atoms with Crippen LogP contribution < -0.4 is 14.4 Å². The fourth-order valence-corrected chi connectivity index (χ4v) is 3.12. The molecule has 2 aromatic carbocycles. The van der Waals surface area contributed by atoms with Crippen LogP contribution in [-0.4, -0.2) is 50.4 Å². The molecule has 5 nitrogen and oxygen atoms in total. The zero-order chi connectivity index (χ0) is 16.9. The number of para-hydroxylation sites is 2. The van der Waals surface area contributed by atoms with Crippen molar-refractivity contribution in [1.29, 1.82) is 0 Å². The molecule has 0 spiro atoms. The lowest BCUT2D eigenvalue weighted by molar-refractivity contribution is 0.248. The van der Waals surface area contributed by atoms with Gasteiger partial charge in [0, 0.05) is 32.7 Å². The van der Waals surface area contributed by atoms with Crippen molar-refractivity contribution in [2.45, 2.75) is 6.54 Å². The largest absolute Gasteiger partial charge is 0.506 e. The molecule has 1 aliphatic heterocycles. The first-order valence-corrected chi connectivity index (χ1v) is 8.17. The molecule has 0 unspecified atom stereocenters. The van der Waals surface area contributed by atoms with Crippen LogP contribution >= 0.6 is 0 Å². The van der Waals surface area contributed by atoms with Gasteiger partial charge in [0.15, 0.2) is 11.5 Å². The maximum atomic E-state index is 9.99. The summed E-state index contributed by atoms with van der Waals surface area (Å²) >= 11 is 0. The Morgan fingerprint density at radius 1 is 0.917 bits per heavy atom. The van der Waals surface area contributed by atoms with Gasteiger partial charge in [-0.05, 0) is 29.8 Å². The molecule has 0 bridgehead atoms. The van der Waals surface area contributed by atoms with Crippen molar-refractivity contribution in [3.05, 3.63) is 48.0 Å². The molecule has 0 aromatic heterocycles. The van der Waals surface area contributed by atoms with Gasteiger partial charge < -0.3 is 19.5 Å². The van der Waals surface area contributed by atoms with E-state index in [0.29, 0.717) is 5.75 Å². The second kappa shape index (κ2) is 7.45. The standard InChI is InChI=1S/C19H24N2O3/c1-23-18-8-7-15(13-19(18)24-2)14-20-9-11-21(12-10-20)16-5-3-4-6-17(16)22/h3-8,13,22H,9-12,14H2,1-2H3. The maximum absolute atomic E-state index is 9.99. The van der Waals surface area contributed by atoms with Gasteiger partial charge >= 0.3 is 0 Å². The molecule has 1 heterocycles. The van der Waals surface area contributed by atoms with Gasteiger partial charge in [0.1, 0.15) is 5.75 Å². The Balaban J connectivity index is 1.60. The van der Waals surface area contributed by atoms with Crippen LogP contribution in [-0.2, 0) is 6.54 Å². The van der Waals surface area contributed by atoms with Crippen LogP contribution in [0.2, 0.25) is 0 Å². The van der Waals surface area contributed by atoms with E-state index in [9.17, 15) is 5.11 Å². The van der Waals surface area contributed by atoms with Gasteiger partial charge in [-0.1, -0.05) is 18.2 Å². The summed E-state index contributed by atoms with van der Waals surface area (Å²) in [5, 5.41) is 9.99. The zero-order valence-electron chi connectivity index (χ0n) is 14.2. The second-order valence-corrected chi connectivity index (χ2v) is 5.94. The van der Waals surface area contributed by atoms with E-state index in [0.717, 1.165) is 49.9 Å². The number of aromatic hydroxyl groups is 1. The fourth-order valence-electron chi connectivity index (χ4n) is 3.12. The molecule has 0 saturated carbocycles. The topological polar surface area (TPSA) is 45.2 Å². The molecule has 0 atom stereocenters. The number of anilines is 1. The van der Waals surface area contributed by atoms with E-state index in [4.69, 9.17) is 9.47 Å². The Hall–Kier alpha value is -2.40. The lowest BCUT2D eigenvalue weighted by Crippen LogP contribution is -2.45. The Kier molecular flexibility index (Phi) is 5.11. The first-order valence-electron chi connectivity index (χ1n) is 8.17. The van der Waals surface area contributed by atoms with Crippen molar-refractivity contribution < 1.29 is 14.6 Å². The summed E-state index contributed by atoms with van der Waals surface area (Å²) in [4.78, 5) is 4.65. The Labute approximate surface area is 143 Å². The number of phenols is 1. The highest BCUT2D eigenvalue weighted by atomic mass is 16.5. The summed E-state index contributed by atoms with van der Waals surface area (Å²) in [6.45, 7) is 4.62. The lowest BCUT2D eigenvalue weighted by atomic mass is 10.1. The Bertz CT molecular complexity index is 682. The average molecular weight is 328 g/mol. The number of benzene rings is 2. The molecule has 2 aromatic rings. The molecule has 5 heteroatoms. The molecule has 1 fully saturated rings. The second-order valence-electron chi connectivity index (χ2n) is 5.94. The Morgan fingerprint density at radius 3 is 2.29 bits per heavy atom. The number of hydrogen-bond acceptors (Lipinski definition) is 5. The van der Waals surface area contributed by atoms with Crippen molar-refractivity contribution >= 4 is 5.69 Å². The highest BCUT2D eigenvalue weighted by molar-refractivity contribution is 5.57. The van der Waals surface area contributed by atoms with Crippen LogP contribution in [0, 0.1) is 0 Å². The van der Waals surface area contributed by atoms with Gasteiger partial charge in [0.2, 0.25) is 0 Å². The number of methoxy groups -OCH3 is 2. The summed E-state index contributed by atoms with van der Waals surface area (Å²) < 4.78 is 10.7. The van der Waals surface area contributed by atoms with Crippen molar-refractivity contribution in [2.75, 3.05) is 45.3 Å². The number of rotatable bonds is 5. The minimum absolute atomic E-state index is 0.353. The molecule has 0 amide bonds. The van der Waals surface area contributed by atoms with E-state index in [-0.39, 0.29) is 0 Å². The first-order chi connectivity index (χ1) is 11.7. The molecule has 24 heavy (non-hydrogen) atoms.